The molecule has 0 saturated heterocycles. The molecule has 0 saturated carbocycles. The van der Waals surface area contributed by atoms with Crippen LogP contribution < -0.4 is 5.32 Å². The van der Waals surface area contributed by atoms with Gasteiger partial charge >= 0.3 is 0 Å². The fraction of sp³-hybridized carbons (Fsp3) is 0.153. The van der Waals surface area contributed by atoms with Gasteiger partial charge in [0, 0.05) is 55.7 Å². The number of aromatic amines is 2. The van der Waals surface area contributed by atoms with Gasteiger partial charge in [0.25, 0.3) is 0 Å². The smallest absolute Gasteiger partial charge is 0.0737 e. The maximum absolute atomic E-state index is 5.63. The number of aromatic nitrogens is 4. The van der Waals surface area contributed by atoms with Crippen LogP contribution in [0.2, 0.25) is 0 Å². The first kappa shape index (κ1) is 40.6. The van der Waals surface area contributed by atoms with Crippen molar-refractivity contribution in [3.8, 4) is 44.5 Å². The van der Waals surface area contributed by atoms with E-state index >= 15 is 0 Å². The van der Waals surface area contributed by atoms with Crippen molar-refractivity contribution < 1.29 is 0 Å². The fourth-order valence-electron chi connectivity index (χ4n) is 10.4. The normalized spacial score (nSPS) is 12.0. The van der Waals surface area contributed by atoms with Crippen LogP contribution in [0.15, 0.2) is 115 Å². The van der Waals surface area contributed by atoms with Gasteiger partial charge in [-0.1, -0.05) is 83.4 Å². The van der Waals surface area contributed by atoms with E-state index in [9.17, 15) is 0 Å². The quantitative estimate of drug-likeness (QED) is 0.156. The summed E-state index contributed by atoms with van der Waals surface area (Å²) in [4.78, 5) is 19.2. The van der Waals surface area contributed by atoms with E-state index < -0.39 is 0 Å². The van der Waals surface area contributed by atoms with Gasteiger partial charge in [0.15, 0.2) is 0 Å². The number of fused-ring (bicyclic) bond motifs is 8. The number of nitrogens with zero attached hydrogens (tertiary/aromatic N) is 2. The van der Waals surface area contributed by atoms with Crippen LogP contribution in [0.3, 0.4) is 0 Å². The molecule has 3 N–H and O–H groups in total. The minimum Gasteiger partial charge on any atom is -0.356 e. The van der Waals surface area contributed by atoms with Gasteiger partial charge in [0.05, 0.1) is 22.8 Å². The third kappa shape index (κ3) is 7.27. The van der Waals surface area contributed by atoms with Crippen LogP contribution in [-0.2, 0) is 0 Å². The second kappa shape index (κ2) is 16.0. The number of nitrogens with one attached hydrogen (secondary N) is 3. The molecule has 0 amide bonds. The largest absolute Gasteiger partial charge is 0.356 e. The fourth-order valence-corrected chi connectivity index (χ4v) is 10.4. The molecule has 8 bridgehead atoms. The lowest BCUT2D eigenvalue weighted by atomic mass is 9.92. The molecule has 0 spiro atoms. The summed E-state index contributed by atoms with van der Waals surface area (Å²) in [6.07, 6.45) is 8.78. The summed E-state index contributed by atoms with van der Waals surface area (Å²) >= 11 is 0. The Balaban J connectivity index is 1.36. The van der Waals surface area contributed by atoms with E-state index in [2.05, 4.69) is 199 Å². The Morgan fingerprint density at radius 2 is 0.641 bits per heavy atom. The Morgan fingerprint density at radius 1 is 0.328 bits per heavy atom. The van der Waals surface area contributed by atoms with Gasteiger partial charge in [-0.2, -0.15) is 0 Å². The number of aryl methyl sites for hydroxylation is 9. The van der Waals surface area contributed by atoms with Crippen molar-refractivity contribution in [3.63, 3.8) is 0 Å². The Kier molecular flexibility index (Phi) is 10.1. The first-order valence-corrected chi connectivity index (χ1v) is 22.2. The number of anilines is 2. The minimum absolute atomic E-state index is 0.891. The monoisotopic (exact) mass is 831 g/mol. The predicted molar refractivity (Wildman–Crippen MR) is 273 cm³/mol. The first-order valence-electron chi connectivity index (χ1n) is 22.2. The summed E-state index contributed by atoms with van der Waals surface area (Å²) in [5.74, 6) is 0. The van der Waals surface area contributed by atoms with Crippen molar-refractivity contribution in [2.45, 2.75) is 62.3 Å². The third-order valence-corrected chi connectivity index (χ3v) is 12.8. The van der Waals surface area contributed by atoms with Crippen LogP contribution >= 0.6 is 0 Å². The van der Waals surface area contributed by atoms with E-state index in [0.29, 0.717) is 0 Å². The van der Waals surface area contributed by atoms with Crippen molar-refractivity contribution in [2.75, 3.05) is 5.32 Å². The average Bonchev–Trinajstić information content (AvgIpc) is 4.09. The second-order valence-corrected chi connectivity index (χ2v) is 17.9. The van der Waals surface area contributed by atoms with Crippen molar-refractivity contribution in [2.24, 2.45) is 0 Å². The zero-order chi connectivity index (χ0) is 44.4. The van der Waals surface area contributed by atoms with E-state index in [1.54, 1.807) is 0 Å². The van der Waals surface area contributed by atoms with Gasteiger partial charge in [-0.25, -0.2) is 9.97 Å². The van der Waals surface area contributed by atoms with Gasteiger partial charge < -0.3 is 15.3 Å². The van der Waals surface area contributed by atoms with Crippen LogP contribution in [-0.4, -0.2) is 19.9 Å². The molecule has 314 valence electrons. The zero-order valence-corrected chi connectivity index (χ0v) is 38.2. The van der Waals surface area contributed by atoms with Gasteiger partial charge in [0.2, 0.25) is 0 Å². The van der Waals surface area contributed by atoms with E-state index in [4.69, 9.17) is 9.97 Å². The van der Waals surface area contributed by atoms with Crippen LogP contribution in [0.1, 0.15) is 72.8 Å². The molecule has 0 unspecified atom stereocenters. The summed E-state index contributed by atoms with van der Waals surface area (Å²) < 4.78 is 0. The average molecular weight is 832 g/mol. The van der Waals surface area contributed by atoms with Crippen molar-refractivity contribution in [1.29, 1.82) is 0 Å². The molecule has 5 heteroatoms. The van der Waals surface area contributed by atoms with E-state index in [1.165, 1.54) is 66.8 Å². The summed E-state index contributed by atoms with van der Waals surface area (Å²) in [5.41, 5.74) is 29.6. The summed E-state index contributed by atoms with van der Waals surface area (Å²) in [6, 6.07) is 41.6. The highest BCUT2D eigenvalue weighted by Crippen LogP contribution is 2.42. The SMILES string of the molecule is Cc1cc(C)c(-c2c3nc(c(-c4c(C)cc(C)cc4C)c4ccc([nH]4)c(-c4c(C)cc(C)cc4C)c4nc(c(-c5ccc(Nc6ccccc6)cc5)c5ccc2[nH]5)C=C4)C=C3)c(C)c1. The molecule has 3 aromatic heterocycles. The van der Waals surface area contributed by atoms with Crippen molar-refractivity contribution in [1.82, 2.24) is 19.9 Å². The summed E-state index contributed by atoms with van der Waals surface area (Å²) in [5, 5.41) is 3.56. The Bertz CT molecular complexity index is 3300. The molecule has 5 heterocycles. The lowest BCUT2D eigenvalue weighted by Crippen LogP contribution is -1.96. The van der Waals surface area contributed by atoms with Crippen LogP contribution in [0.4, 0.5) is 11.4 Å². The van der Waals surface area contributed by atoms with Gasteiger partial charge in [-0.3, -0.25) is 0 Å². The second-order valence-electron chi connectivity index (χ2n) is 17.9. The number of rotatable bonds is 6. The molecular formula is C59H53N5. The Labute approximate surface area is 376 Å². The van der Waals surface area contributed by atoms with Crippen LogP contribution in [0.5, 0.6) is 0 Å². The number of hydrogen-bond acceptors (Lipinski definition) is 3. The predicted octanol–water partition coefficient (Wildman–Crippen LogP) is 15.8. The molecule has 0 atom stereocenters. The van der Waals surface area contributed by atoms with Crippen LogP contribution in [0, 0.1) is 62.3 Å². The van der Waals surface area contributed by atoms with Crippen molar-refractivity contribution in [3.05, 3.63) is 188 Å². The Hall–Kier alpha value is -7.50. The van der Waals surface area contributed by atoms with Crippen LogP contribution in [0.25, 0.3) is 90.9 Å². The molecule has 8 aromatic rings. The number of H-pyrrole nitrogens is 2. The molecule has 5 aromatic carbocycles. The molecular weight excluding hydrogens is 779 g/mol. The lowest BCUT2D eigenvalue weighted by Gasteiger charge is -2.14. The van der Waals surface area contributed by atoms with E-state index in [-0.39, 0.29) is 0 Å². The number of benzene rings is 5. The van der Waals surface area contributed by atoms with Crippen molar-refractivity contribution >= 4 is 57.7 Å². The lowest BCUT2D eigenvalue weighted by molar-refractivity contribution is 1.27. The zero-order valence-electron chi connectivity index (χ0n) is 38.2. The standard InChI is InChI=1S/C59H53N5/c1-33-27-36(4)53(37(5)28-33)57-47-21-19-45(61-47)56(42-15-17-44(18-16-42)60-43-13-11-10-12-14-43)46-20-22-48(62-46)58(54-38(6)29-34(2)30-39(54)7)50-24-26-52(64-50)59(51-25-23-49(57)63-51)55-40(8)31-35(3)32-41(55)9/h10-32,60-61,64H,1-9H3. The molecule has 10 rings (SSSR count). The summed E-state index contributed by atoms with van der Waals surface area (Å²) in [7, 11) is 0. The van der Waals surface area contributed by atoms with Gasteiger partial charge in [0.1, 0.15) is 0 Å². The topological polar surface area (TPSA) is 69.4 Å². The highest BCUT2D eigenvalue weighted by Gasteiger charge is 2.22. The van der Waals surface area contributed by atoms with Gasteiger partial charge in [-0.05, 0) is 191 Å². The molecule has 2 aliphatic rings. The highest BCUT2D eigenvalue weighted by molar-refractivity contribution is 6.01. The molecule has 0 radical (unpaired) electrons. The van der Waals surface area contributed by atoms with E-state index in [1.807, 2.05) is 18.2 Å². The maximum Gasteiger partial charge on any atom is 0.0737 e. The highest BCUT2D eigenvalue weighted by atomic mass is 14.9. The molecule has 5 nitrogen and oxygen atoms in total. The number of hydrogen-bond donors (Lipinski definition) is 3. The maximum atomic E-state index is 5.63. The van der Waals surface area contributed by atoms with E-state index in [0.717, 1.165) is 84.0 Å². The number of para-hydroxylation sites is 1. The Morgan fingerprint density at radius 3 is 1.00 bits per heavy atom. The first-order chi connectivity index (χ1) is 30.9. The third-order valence-electron chi connectivity index (χ3n) is 12.8. The molecule has 64 heavy (non-hydrogen) atoms. The molecule has 0 aliphatic carbocycles. The molecule has 0 fully saturated rings. The summed E-state index contributed by atoms with van der Waals surface area (Å²) in [6.45, 7) is 19.8. The minimum atomic E-state index is 0.891. The van der Waals surface area contributed by atoms with Gasteiger partial charge in [-0.15, -0.1) is 0 Å². The molecule has 2 aliphatic heterocycles.